The molecule has 20 heavy (non-hydrogen) atoms. The molecule has 1 unspecified atom stereocenters. The summed E-state index contributed by atoms with van der Waals surface area (Å²) in [5.41, 5.74) is 0.531. The van der Waals surface area contributed by atoms with Crippen molar-refractivity contribution in [2.24, 2.45) is 0 Å². The van der Waals surface area contributed by atoms with E-state index in [1.165, 1.54) is 0 Å². The molecule has 2 N–H and O–H groups in total. The minimum absolute atomic E-state index is 0.361. The minimum atomic E-state index is -0.950. The highest BCUT2D eigenvalue weighted by Crippen LogP contribution is 2.26. The van der Waals surface area contributed by atoms with Crippen LogP contribution < -0.4 is 5.32 Å². The van der Waals surface area contributed by atoms with Crippen molar-refractivity contribution in [2.45, 2.75) is 19.9 Å². The molecule has 0 amide bonds. The lowest BCUT2D eigenvalue weighted by atomic mass is 10.1. The van der Waals surface area contributed by atoms with Crippen molar-refractivity contribution < 1.29 is 9.90 Å². The van der Waals surface area contributed by atoms with Gasteiger partial charge in [0.1, 0.15) is 6.04 Å². The van der Waals surface area contributed by atoms with Gasteiger partial charge in [0, 0.05) is 23.1 Å². The van der Waals surface area contributed by atoms with Gasteiger partial charge in [-0.3, -0.25) is 10.1 Å². The van der Waals surface area contributed by atoms with E-state index in [4.69, 9.17) is 23.2 Å². The monoisotopic (exact) mass is 318 g/mol. The summed E-state index contributed by atoms with van der Waals surface area (Å²) in [5, 5.41) is 13.2. The number of carboxylic acids is 1. The lowest BCUT2D eigenvalue weighted by Crippen LogP contribution is -2.36. The van der Waals surface area contributed by atoms with Gasteiger partial charge >= 0.3 is 5.97 Å². The van der Waals surface area contributed by atoms with Gasteiger partial charge in [-0.05, 0) is 30.8 Å². The number of carboxylic acid groups (broad SMARTS) is 1. The maximum atomic E-state index is 11.4. The molecular weight excluding hydrogens is 299 g/mol. The first-order valence-electron chi connectivity index (χ1n) is 6.63. The average Bonchev–Trinajstić information content (AvgIpc) is 2.40. The molecule has 0 aliphatic carbocycles. The molecule has 0 radical (unpaired) electrons. The molecule has 112 valence electrons. The van der Waals surface area contributed by atoms with E-state index in [0.29, 0.717) is 22.2 Å². The van der Waals surface area contributed by atoms with Crippen LogP contribution in [0.5, 0.6) is 0 Å². The minimum Gasteiger partial charge on any atom is -0.480 e. The lowest BCUT2D eigenvalue weighted by molar-refractivity contribution is -0.139. The SMILES string of the molecule is CCN(CC)CCNC(C(=O)O)c1ccc(Cl)cc1Cl. The van der Waals surface area contributed by atoms with Crippen LogP contribution in [0.2, 0.25) is 10.0 Å². The molecule has 0 aliphatic heterocycles. The van der Waals surface area contributed by atoms with Crippen LogP contribution in [0.25, 0.3) is 0 Å². The smallest absolute Gasteiger partial charge is 0.325 e. The van der Waals surface area contributed by atoms with Gasteiger partial charge in [0.05, 0.1) is 0 Å². The summed E-state index contributed by atoms with van der Waals surface area (Å²) in [6, 6.07) is 4.02. The number of carbonyl (C=O) groups is 1. The molecule has 1 rings (SSSR count). The fourth-order valence-corrected chi connectivity index (χ4v) is 2.49. The number of hydrogen-bond acceptors (Lipinski definition) is 3. The molecule has 1 aromatic rings. The van der Waals surface area contributed by atoms with E-state index >= 15 is 0 Å². The van der Waals surface area contributed by atoms with Gasteiger partial charge in [-0.25, -0.2) is 0 Å². The van der Waals surface area contributed by atoms with Crippen molar-refractivity contribution in [3.05, 3.63) is 33.8 Å². The zero-order valence-corrected chi connectivity index (χ0v) is 13.2. The highest BCUT2D eigenvalue weighted by molar-refractivity contribution is 6.35. The third kappa shape index (κ3) is 4.94. The number of benzene rings is 1. The first-order valence-corrected chi connectivity index (χ1v) is 7.38. The van der Waals surface area contributed by atoms with E-state index < -0.39 is 12.0 Å². The van der Waals surface area contributed by atoms with Gasteiger partial charge in [-0.2, -0.15) is 0 Å². The van der Waals surface area contributed by atoms with Crippen LogP contribution >= 0.6 is 23.2 Å². The average molecular weight is 319 g/mol. The van der Waals surface area contributed by atoms with Crippen LogP contribution in [0, 0.1) is 0 Å². The predicted molar refractivity (Wildman–Crippen MR) is 82.6 cm³/mol. The Morgan fingerprint density at radius 3 is 2.50 bits per heavy atom. The molecule has 1 aromatic carbocycles. The van der Waals surface area contributed by atoms with Crippen molar-refractivity contribution >= 4 is 29.2 Å². The van der Waals surface area contributed by atoms with Crippen LogP contribution in [0.4, 0.5) is 0 Å². The van der Waals surface area contributed by atoms with Gasteiger partial charge < -0.3 is 10.0 Å². The molecule has 0 fully saturated rings. The van der Waals surface area contributed by atoms with Gasteiger partial charge in [-0.15, -0.1) is 0 Å². The normalized spacial score (nSPS) is 12.7. The van der Waals surface area contributed by atoms with E-state index in [9.17, 15) is 9.90 Å². The van der Waals surface area contributed by atoms with Crippen molar-refractivity contribution in [1.29, 1.82) is 0 Å². The number of nitrogens with one attached hydrogen (secondary N) is 1. The summed E-state index contributed by atoms with van der Waals surface area (Å²) >= 11 is 11.9. The van der Waals surface area contributed by atoms with Crippen LogP contribution in [-0.4, -0.2) is 42.2 Å². The number of hydrogen-bond donors (Lipinski definition) is 2. The zero-order chi connectivity index (χ0) is 15.1. The summed E-state index contributed by atoms with van der Waals surface area (Å²) in [7, 11) is 0. The second-order valence-corrected chi connectivity index (χ2v) is 5.26. The van der Waals surface area contributed by atoms with Gasteiger partial charge in [-0.1, -0.05) is 43.1 Å². The molecule has 0 bridgehead atoms. The molecule has 0 aromatic heterocycles. The standard InChI is InChI=1S/C14H20Cl2N2O2/c1-3-18(4-2)8-7-17-13(14(19)20)11-6-5-10(15)9-12(11)16/h5-6,9,13,17H,3-4,7-8H2,1-2H3,(H,19,20). The Bertz CT molecular complexity index is 451. The third-order valence-corrected chi connectivity index (χ3v) is 3.75. The molecule has 0 saturated carbocycles. The molecule has 0 saturated heterocycles. The second kappa shape index (κ2) is 8.47. The number of nitrogens with zero attached hydrogens (tertiary/aromatic N) is 1. The van der Waals surface area contributed by atoms with Crippen LogP contribution in [0.3, 0.4) is 0 Å². The summed E-state index contributed by atoms with van der Waals surface area (Å²) in [6.07, 6.45) is 0. The Labute approximate surface area is 129 Å². The van der Waals surface area contributed by atoms with E-state index in [2.05, 4.69) is 24.1 Å². The quantitative estimate of drug-likeness (QED) is 0.773. The van der Waals surface area contributed by atoms with E-state index in [1.807, 2.05) is 0 Å². The van der Waals surface area contributed by atoms with Crippen molar-refractivity contribution in [1.82, 2.24) is 10.2 Å². The largest absolute Gasteiger partial charge is 0.480 e. The first kappa shape index (κ1) is 17.2. The van der Waals surface area contributed by atoms with E-state index in [0.717, 1.165) is 19.6 Å². The molecule has 1 atom stereocenters. The Morgan fingerprint density at radius 1 is 1.35 bits per heavy atom. The Kier molecular flexibility index (Phi) is 7.30. The summed E-state index contributed by atoms with van der Waals surface area (Å²) in [6.45, 7) is 7.41. The number of likely N-dealkylation sites (N-methyl/N-ethyl adjacent to an activating group) is 1. The third-order valence-electron chi connectivity index (χ3n) is 3.19. The topological polar surface area (TPSA) is 52.6 Å². The Morgan fingerprint density at radius 2 is 2.00 bits per heavy atom. The van der Waals surface area contributed by atoms with Crippen LogP contribution in [0.1, 0.15) is 25.5 Å². The van der Waals surface area contributed by atoms with Crippen LogP contribution in [-0.2, 0) is 4.79 Å². The molecule has 0 aliphatic rings. The molecular formula is C14H20Cl2N2O2. The Balaban J connectivity index is 2.72. The maximum Gasteiger partial charge on any atom is 0.325 e. The number of rotatable bonds is 8. The fourth-order valence-electron chi connectivity index (χ4n) is 1.97. The molecule has 4 nitrogen and oxygen atoms in total. The Hall–Kier alpha value is -0.810. The molecule has 0 heterocycles. The first-order chi connectivity index (χ1) is 9.49. The molecule has 0 spiro atoms. The van der Waals surface area contributed by atoms with Crippen molar-refractivity contribution in [3.63, 3.8) is 0 Å². The number of aliphatic carboxylic acids is 1. The summed E-state index contributed by atoms with van der Waals surface area (Å²) in [5.74, 6) is -0.950. The van der Waals surface area contributed by atoms with Crippen LogP contribution in [0.15, 0.2) is 18.2 Å². The van der Waals surface area contributed by atoms with Crippen molar-refractivity contribution in [2.75, 3.05) is 26.2 Å². The second-order valence-electron chi connectivity index (χ2n) is 4.42. The highest BCUT2D eigenvalue weighted by atomic mass is 35.5. The predicted octanol–water partition coefficient (Wildman–Crippen LogP) is 3.05. The van der Waals surface area contributed by atoms with Gasteiger partial charge in [0.25, 0.3) is 0 Å². The van der Waals surface area contributed by atoms with E-state index in [1.54, 1.807) is 18.2 Å². The van der Waals surface area contributed by atoms with E-state index in [-0.39, 0.29) is 0 Å². The lowest BCUT2D eigenvalue weighted by Gasteiger charge is -2.21. The van der Waals surface area contributed by atoms with Gasteiger partial charge in [0.2, 0.25) is 0 Å². The number of halogens is 2. The van der Waals surface area contributed by atoms with Crippen molar-refractivity contribution in [3.8, 4) is 0 Å². The zero-order valence-electron chi connectivity index (χ0n) is 11.7. The molecule has 6 heteroatoms. The van der Waals surface area contributed by atoms with Gasteiger partial charge in [0.15, 0.2) is 0 Å². The highest BCUT2D eigenvalue weighted by Gasteiger charge is 2.21. The maximum absolute atomic E-state index is 11.4. The summed E-state index contributed by atoms with van der Waals surface area (Å²) in [4.78, 5) is 13.6. The summed E-state index contributed by atoms with van der Waals surface area (Å²) < 4.78 is 0. The fraction of sp³-hybridized carbons (Fsp3) is 0.500.